The average molecular weight is 312 g/mol. The van der Waals surface area contributed by atoms with Crippen LogP contribution in [0.5, 0.6) is 5.75 Å². The molecule has 0 atom stereocenters. The number of carbonyl (C=O) groups excluding carboxylic acids is 1. The Kier molecular flexibility index (Phi) is 4.84. The van der Waals surface area contributed by atoms with Crippen LogP contribution in [0.25, 0.3) is 0 Å². The zero-order valence-corrected chi connectivity index (χ0v) is 13.1. The second-order valence-electron chi connectivity index (χ2n) is 4.75. The largest absolute Gasteiger partial charge is 0.493 e. The highest BCUT2D eigenvalue weighted by Crippen LogP contribution is 2.28. The third-order valence-electron chi connectivity index (χ3n) is 3.35. The highest BCUT2D eigenvalue weighted by molar-refractivity contribution is 7.89. The first-order chi connectivity index (χ1) is 9.98. The van der Waals surface area contributed by atoms with E-state index >= 15 is 0 Å². The van der Waals surface area contributed by atoms with E-state index in [1.807, 2.05) is 0 Å². The molecule has 1 N–H and O–H groups in total. The summed E-state index contributed by atoms with van der Waals surface area (Å²) in [7, 11) is -3.67. The molecule has 0 aromatic heterocycles. The van der Waals surface area contributed by atoms with Gasteiger partial charge in [0.15, 0.2) is 0 Å². The maximum Gasteiger partial charge on any atom is 0.243 e. The van der Waals surface area contributed by atoms with Crippen LogP contribution in [0.1, 0.15) is 19.4 Å². The third kappa shape index (κ3) is 3.36. The predicted octanol–water partition coefficient (Wildman–Crippen LogP) is 0.768. The van der Waals surface area contributed by atoms with Gasteiger partial charge in [-0.2, -0.15) is 4.31 Å². The van der Waals surface area contributed by atoms with Crippen LogP contribution in [0.2, 0.25) is 0 Å². The molecule has 1 aliphatic rings. The number of sulfonamides is 1. The van der Waals surface area contributed by atoms with Crippen LogP contribution < -0.4 is 10.1 Å². The molecule has 0 radical (unpaired) electrons. The van der Waals surface area contributed by atoms with Crippen LogP contribution >= 0.6 is 0 Å². The Balaban J connectivity index is 2.24. The SMILES string of the molecule is CCNC(=O)CN(CC)S(=O)(=O)c1ccc2c(c1)CCO2. The van der Waals surface area contributed by atoms with E-state index in [1.165, 1.54) is 10.4 Å². The minimum atomic E-state index is -3.67. The van der Waals surface area contributed by atoms with Crippen molar-refractivity contribution in [1.29, 1.82) is 0 Å². The first-order valence-electron chi connectivity index (χ1n) is 7.01. The van der Waals surface area contributed by atoms with Gasteiger partial charge in [-0.05, 0) is 30.7 Å². The van der Waals surface area contributed by atoms with Crippen molar-refractivity contribution in [3.8, 4) is 5.75 Å². The smallest absolute Gasteiger partial charge is 0.243 e. The normalized spacial score (nSPS) is 13.9. The van der Waals surface area contributed by atoms with E-state index in [9.17, 15) is 13.2 Å². The molecule has 7 heteroatoms. The molecule has 0 aliphatic carbocycles. The van der Waals surface area contributed by atoms with Crippen LogP contribution in [0.15, 0.2) is 23.1 Å². The quantitative estimate of drug-likeness (QED) is 0.842. The minimum absolute atomic E-state index is 0.166. The zero-order valence-electron chi connectivity index (χ0n) is 12.3. The van der Waals surface area contributed by atoms with Gasteiger partial charge in [-0.1, -0.05) is 6.92 Å². The van der Waals surface area contributed by atoms with E-state index in [0.717, 1.165) is 11.3 Å². The topological polar surface area (TPSA) is 75.7 Å². The number of amides is 1. The maximum absolute atomic E-state index is 12.6. The lowest BCUT2D eigenvalue weighted by Gasteiger charge is -2.20. The van der Waals surface area contributed by atoms with Gasteiger partial charge in [0.1, 0.15) is 5.75 Å². The molecular formula is C14H20N2O4S. The fraction of sp³-hybridized carbons (Fsp3) is 0.500. The molecule has 6 nitrogen and oxygen atoms in total. The van der Waals surface area contributed by atoms with Gasteiger partial charge in [0.25, 0.3) is 0 Å². The Hall–Kier alpha value is -1.60. The summed E-state index contributed by atoms with van der Waals surface area (Å²) in [4.78, 5) is 11.8. The number of likely N-dealkylation sites (N-methyl/N-ethyl adjacent to an activating group) is 2. The van der Waals surface area contributed by atoms with Crippen LogP contribution in [-0.2, 0) is 21.2 Å². The van der Waals surface area contributed by atoms with Crippen molar-refractivity contribution < 1.29 is 17.9 Å². The van der Waals surface area contributed by atoms with Crippen LogP contribution in [0.4, 0.5) is 0 Å². The van der Waals surface area contributed by atoms with Crippen molar-refractivity contribution in [3.63, 3.8) is 0 Å². The molecule has 0 saturated carbocycles. The van der Waals surface area contributed by atoms with Crippen molar-refractivity contribution in [3.05, 3.63) is 23.8 Å². The highest BCUT2D eigenvalue weighted by atomic mass is 32.2. The molecule has 21 heavy (non-hydrogen) atoms. The van der Waals surface area contributed by atoms with Crippen molar-refractivity contribution in [2.45, 2.75) is 25.2 Å². The summed E-state index contributed by atoms with van der Waals surface area (Å²) in [5.41, 5.74) is 0.894. The Morgan fingerprint density at radius 3 is 2.81 bits per heavy atom. The first-order valence-corrected chi connectivity index (χ1v) is 8.45. The molecule has 0 bridgehead atoms. The third-order valence-corrected chi connectivity index (χ3v) is 5.26. The number of nitrogens with zero attached hydrogens (tertiary/aromatic N) is 1. The van der Waals surface area contributed by atoms with Crippen molar-refractivity contribution >= 4 is 15.9 Å². The average Bonchev–Trinajstić information content (AvgIpc) is 2.92. The number of rotatable bonds is 6. The number of hydrogen-bond donors (Lipinski definition) is 1. The summed E-state index contributed by atoms with van der Waals surface area (Å²) in [5, 5.41) is 2.61. The number of fused-ring (bicyclic) bond motifs is 1. The van der Waals surface area contributed by atoms with E-state index in [1.54, 1.807) is 26.0 Å². The monoisotopic (exact) mass is 312 g/mol. The molecule has 0 saturated heterocycles. The zero-order chi connectivity index (χ0) is 15.5. The number of carbonyl (C=O) groups is 1. The fourth-order valence-electron chi connectivity index (χ4n) is 2.25. The summed E-state index contributed by atoms with van der Waals surface area (Å²) < 4.78 is 31.8. The van der Waals surface area contributed by atoms with E-state index < -0.39 is 10.0 Å². The number of hydrogen-bond acceptors (Lipinski definition) is 4. The molecule has 2 rings (SSSR count). The standard InChI is InChI=1S/C14H20N2O4S/c1-3-15-14(17)10-16(4-2)21(18,19)12-5-6-13-11(9-12)7-8-20-13/h5-6,9H,3-4,7-8,10H2,1-2H3,(H,15,17). The Morgan fingerprint density at radius 1 is 1.38 bits per heavy atom. The van der Waals surface area contributed by atoms with Crippen LogP contribution in [0.3, 0.4) is 0 Å². The van der Waals surface area contributed by atoms with Gasteiger partial charge in [-0.3, -0.25) is 4.79 Å². The first kappa shape index (κ1) is 15.8. The van der Waals surface area contributed by atoms with Gasteiger partial charge in [0.2, 0.25) is 15.9 Å². The van der Waals surface area contributed by atoms with Gasteiger partial charge < -0.3 is 10.1 Å². The lowest BCUT2D eigenvalue weighted by molar-refractivity contribution is -0.121. The Labute approximate surface area is 125 Å². The molecule has 1 aromatic rings. The number of benzene rings is 1. The molecular weight excluding hydrogens is 292 g/mol. The van der Waals surface area contributed by atoms with Gasteiger partial charge in [0.05, 0.1) is 18.0 Å². The van der Waals surface area contributed by atoms with E-state index in [0.29, 0.717) is 19.6 Å². The molecule has 116 valence electrons. The summed E-state index contributed by atoms with van der Waals surface area (Å²) in [6.45, 7) is 4.64. The fourth-order valence-corrected chi connectivity index (χ4v) is 3.71. The Morgan fingerprint density at radius 2 is 2.14 bits per heavy atom. The van der Waals surface area contributed by atoms with Gasteiger partial charge >= 0.3 is 0 Å². The molecule has 0 unspecified atom stereocenters. The Bertz CT molecular complexity index is 628. The lowest BCUT2D eigenvalue weighted by atomic mass is 10.2. The van der Waals surface area contributed by atoms with Crippen LogP contribution in [0, 0.1) is 0 Å². The highest BCUT2D eigenvalue weighted by Gasteiger charge is 2.26. The van der Waals surface area contributed by atoms with E-state index in [-0.39, 0.29) is 23.9 Å². The molecule has 1 aliphatic heterocycles. The second-order valence-corrected chi connectivity index (χ2v) is 6.69. The van der Waals surface area contributed by atoms with E-state index in [4.69, 9.17) is 4.74 Å². The number of ether oxygens (including phenoxy) is 1. The van der Waals surface area contributed by atoms with E-state index in [2.05, 4.69) is 5.32 Å². The van der Waals surface area contributed by atoms with Crippen molar-refractivity contribution in [1.82, 2.24) is 9.62 Å². The summed E-state index contributed by atoms with van der Waals surface area (Å²) >= 11 is 0. The van der Waals surface area contributed by atoms with Crippen molar-refractivity contribution in [2.24, 2.45) is 0 Å². The molecule has 1 amide bonds. The van der Waals surface area contributed by atoms with Crippen LogP contribution in [-0.4, -0.2) is 44.9 Å². The summed E-state index contributed by atoms with van der Waals surface area (Å²) in [6, 6.07) is 4.84. The summed E-state index contributed by atoms with van der Waals surface area (Å²) in [6.07, 6.45) is 0.709. The summed E-state index contributed by atoms with van der Waals surface area (Å²) in [5.74, 6) is 0.438. The molecule has 1 heterocycles. The number of nitrogens with one attached hydrogen (secondary N) is 1. The van der Waals surface area contributed by atoms with Gasteiger partial charge in [-0.25, -0.2) is 8.42 Å². The molecule has 0 spiro atoms. The van der Waals surface area contributed by atoms with Crippen molar-refractivity contribution in [2.75, 3.05) is 26.2 Å². The predicted molar refractivity (Wildman–Crippen MR) is 78.8 cm³/mol. The van der Waals surface area contributed by atoms with Gasteiger partial charge in [-0.15, -0.1) is 0 Å². The second kappa shape index (κ2) is 6.44. The molecule has 1 aromatic carbocycles. The molecule has 0 fully saturated rings. The lowest BCUT2D eigenvalue weighted by Crippen LogP contribution is -2.40. The maximum atomic E-state index is 12.6. The van der Waals surface area contributed by atoms with Gasteiger partial charge in [0, 0.05) is 19.5 Å². The minimum Gasteiger partial charge on any atom is -0.493 e.